The highest BCUT2D eigenvalue weighted by Gasteiger charge is 2.15. The molecule has 0 aliphatic carbocycles. The number of benzene rings is 2. The summed E-state index contributed by atoms with van der Waals surface area (Å²) < 4.78 is 1.97. The molecule has 6 nitrogen and oxygen atoms in total. The van der Waals surface area contributed by atoms with Gasteiger partial charge in [-0.3, -0.25) is 15.1 Å². The van der Waals surface area contributed by atoms with Crippen LogP contribution in [0.3, 0.4) is 0 Å². The van der Waals surface area contributed by atoms with Crippen LogP contribution in [0.25, 0.3) is 11.3 Å². The molecule has 7 heteroatoms. The van der Waals surface area contributed by atoms with E-state index in [1.54, 1.807) is 18.2 Å². The van der Waals surface area contributed by atoms with Gasteiger partial charge in [-0.1, -0.05) is 36.4 Å². The van der Waals surface area contributed by atoms with Crippen molar-refractivity contribution in [3.8, 4) is 11.3 Å². The van der Waals surface area contributed by atoms with Gasteiger partial charge in [-0.25, -0.2) is 0 Å². The second-order valence-electron chi connectivity index (χ2n) is 5.87. The largest absolute Gasteiger partial charge is 0.387 e. The number of aromatic nitrogens is 1. The number of hydrogen-bond acceptors (Lipinski definition) is 5. The van der Waals surface area contributed by atoms with Gasteiger partial charge >= 0.3 is 0 Å². The summed E-state index contributed by atoms with van der Waals surface area (Å²) in [7, 11) is 0. The predicted octanol–water partition coefficient (Wildman–Crippen LogP) is 3.95. The van der Waals surface area contributed by atoms with Crippen molar-refractivity contribution in [3.05, 3.63) is 93.1 Å². The van der Waals surface area contributed by atoms with Crippen LogP contribution in [0.2, 0.25) is 0 Å². The molecular formula is C20H19N3O3S. The van der Waals surface area contributed by atoms with Crippen molar-refractivity contribution < 1.29 is 10.0 Å². The van der Waals surface area contributed by atoms with Crippen LogP contribution in [0, 0.1) is 10.1 Å². The van der Waals surface area contributed by atoms with Crippen LogP contribution >= 0.6 is 11.3 Å². The Morgan fingerprint density at radius 1 is 1.22 bits per heavy atom. The van der Waals surface area contributed by atoms with E-state index < -0.39 is 11.0 Å². The number of hydrogen-bond donors (Lipinski definition) is 1. The molecule has 138 valence electrons. The first-order valence-electron chi connectivity index (χ1n) is 8.37. The summed E-state index contributed by atoms with van der Waals surface area (Å²) in [5.74, 6) is 0. The number of aliphatic hydroxyl groups excluding tert-OH is 1. The molecule has 3 aromatic rings. The first-order chi connectivity index (χ1) is 13.1. The Balaban J connectivity index is 1.95. The zero-order valence-corrected chi connectivity index (χ0v) is 15.4. The van der Waals surface area contributed by atoms with Gasteiger partial charge in [0.2, 0.25) is 0 Å². The summed E-state index contributed by atoms with van der Waals surface area (Å²) in [6.45, 7) is 4.48. The molecule has 0 fully saturated rings. The van der Waals surface area contributed by atoms with Crippen LogP contribution in [-0.4, -0.2) is 21.1 Å². The highest BCUT2D eigenvalue weighted by molar-refractivity contribution is 7.07. The van der Waals surface area contributed by atoms with Crippen LogP contribution < -0.4 is 4.80 Å². The van der Waals surface area contributed by atoms with E-state index >= 15 is 0 Å². The molecule has 0 aliphatic heterocycles. The lowest BCUT2D eigenvalue weighted by Gasteiger charge is -2.15. The van der Waals surface area contributed by atoms with Gasteiger partial charge in [-0.2, -0.15) is 0 Å². The number of nitro benzene ring substituents is 1. The standard InChI is InChI=1S/C20H19N3O3S/c1-2-12-21-20-22(18(14-27-20)15-6-4-3-5-7-15)13-19(24)16-8-10-17(11-9-16)23(25)26/h2-11,14,19,24H,1,12-13H2. The number of rotatable bonds is 7. The molecule has 0 aliphatic rings. The third-order valence-electron chi connectivity index (χ3n) is 4.07. The van der Waals surface area contributed by atoms with Gasteiger partial charge in [-0.15, -0.1) is 17.9 Å². The molecule has 0 bridgehead atoms. The monoisotopic (exact) mass is 381 g/mol. The lowest BCUT2D eigenvalue weighted by atomic mass is 10.1. The maximum Gasteiger partial charge on any atom is 0.269 e. The Bertz CT molecular complexity index is 991. The number of nitrogens with zero attached hydrogens (tertiary/aromatic N) is 3. The third kappa shape index (κ3) is 4.39. The summed E-state index contributed by atoms with van der Waals surface area (Å²) >= 11 is 1.50. The van der Waals surface area contributed by atoms with E-state index in [0.717, 1.165) is 16.1 Å². The van der Waals surface area contributed by atoms with Crippen molar-refractivity contribution in [1.29, 1.82) is 0 Å². The van der Waals surface area contributed by atoms with E-state index in [0.29, 0.717) is 18.7 Å². The fraction of sp³-hybridized carbons (Fsp3) is 0.150. The average molecular weight is 381 g/mol. The van der Waals surface area contributed by atoms with Crippen molar-refractivity contribution in [2.45, 2.75) is 12.6 Å². The van der Waals surface area contributed by atoms with Gasteiger partial charge in [0.15, 0.2) is 4.80 Å². The highest BCUT2D eigenvalue weighted by atomic mass is 32.1. The summed E-state index contributed by atoms with van der Waals surface area (Å²) in [6, 6.07) is 15.9. The van der Waals surface area contributed by atoms with Gasteiger partial charge in [0, 0.05) is 17.5 Å². The topological polar surface area (TPSA) is 80.7 Å². The van der Waals surface area contributed by atoms with Crippen molar-refractivity contribution >= 4 is 17.0 Å². The summed E-state index contributed by atoms with van der Waals surface area (Å²) in [5.41, 5.74) is 2.61. The minimum Gasteiger partial charge on any atom is -0.387 e. The molecule has 1 heterocycles. The number of thiazole rings is 1. The van der Waals surface area contributed by atoms with Gasteiger partial charge < -0.3 is 9.67 Å². The Labute approximate surface area is 160 Å². The molecule has 0 saturated carbocycles. The zero-order valence-electron chi connectivity index (χ0n) is 14.6. The van der Waals surface area contributed by atoms with Crippen molar-refractivity contribution in [2.75, 3.05) is 6.54 Å². The Kier molecular flexibility index (Phi) is 5.95. The molecule has 27 heavy (non-hydrogen) atoms. The molecule has 0 amide bonds. The lowest BCUT2D eigenvalue weighted by Crippen LogP contribution is -2.21. The lowest BCUT2D eigenvalue weighted by molar-refractivity contribution is -0.384. The summed E-state index contributed by atoms with van der Waals surface area (Å²) in [5, 5.41) is 23.5. The minimum absolute atomic E-state index is 0.000725. The molecule has 2 aromatic carbocycles. The van der Waals surface area contributed by atoms with E-state index in [4.69, 9.17) is 0 Å². The first kappa shape index (κ1) is 18.8. The van der Waals surface area contributed by atoms with Crippen LogP contribution in [0.4, 0.5) is 5.69 Å². The van der Waals surface area contributed by atoms with Crippen molar-refractivity contribution in [2.24, 2.45) is 4.99 Å². The average Bonchev–Trinajstić information content (AvgIpc) is 3.09. The van der Waals surface area contributed by atoms with Crippen LogP contribution in [0.1, 0.15) is 11.7 Å². The number of non-ortho nitro benzene ring substituents is 1. The Morgan fingerprint density at radius 3 is 2.56 bits per heavy atom. The predicted molar refractivity (Wildman–Crippen MR) is 106 cm³/mol. The molecule has 0 spiro atoms. The fourth-order valence-electron chi connectivity index (χ4n) is 2.71. The van der Waals surface area contributed by atoms with Crippen LogP contribution in [0.15, 0.2) is 77.6 Å². The van der Waals surface area contributed by atoms with E-state index in [1.165, 1.54) is 23.5 Å². The first-order valence-corrected chi connectivity index (χ1v) is 9.25. The molecule has 1 N–H and O–H groups in total. The van der Waals surface area contributed by atoms with Gasteiger partial charge in [0.05, 0.1) is 29.8 Å². The number of aliphatic hydroxyl groups is 1. The van der Waals surface area contributed by atoms with E-state index in [1.807, 2.05) is 40.3 Å². The molecule has 0 saturated heterocycles. The molecule has 1 aromatic heterocycles. The Morgan fingerprint density at radius 2 is 1.93 bits per heavy atom. The molecule has 1 atom stereocenters. The number of nitro groups is 1. The maximum absolute atomic E-state index is 10.8. The van der Waals surface area contributed by atoms with E-state index in [-0.39, 0.29) is 5.69 Å². The van der Waals surface area contributed by atoms with Gasteiger partial charge in [0.1, 0.15) is 0 Å². The fourth-order valence-corrected chi connectivity index (χ4v) is 3.64. The molecule has 3 rings (SSSR count). The molecule has 1 unspecified atom stereocenters. The quantitative estimate of drug-likeness (QED) is 0.382. The third-order valence-corrected chi connectivity index (χ3v) is 4.97. The van der Waals surface area contributed by atoms with E-state index in [9.17, 15) is 15.2 Å². The van der Waals surface area contributed by atoms with Gasteiger partial charge in [-0.05, 0) is 23.3 Å². The van der Waals surface area contributed by atoms with Crippen LogP contribution in [0.5, 0.6) is 0 Å². The summed E-state index contributed by atoms with van der Waals surface area (Å²) in [4.78, 5) is 15.7. The molecular weight excluding hydrogens is 362 g/mol. The van der Waals surface area contributed by atoms with Crippen LogP contribution in [-0.2, 0) is 6.54 Å². The second kappa shape index (κ2) is 8.57. The van der Waals surface area contributed by atoms with E-state index in [2.05, 4.69) is 11.6 Å². The SMILES string of the molecule is C=CCN=c1scc(-c2ccccc2)n1CC(O)c1ccc([N+](=O)[O-])cc1. The normalized spacial score (nSPS) is 12.7. The smallest absolute Gasteiger partial charge is 0.269 e. The second-order valence-corrected chi connectivity index (χ2v) is 6.71. The minimum atomic E-state index is -0.814. The highest BCUT2D eigenvalue weighted by Crippen LogP contribution is 2.24. The van der Waals surface area contributed by atoms with Crippen molar-refractivity contribution in [1.82, 2.24) is 4.57 Å². The van der Waals surface area contributed by atoms with Gasteiger partial charge in [0.25, 0.3) is 5.69 Å². The van der Waals surface area contributed by atoms with Crippen molar-refractivity contribution in [3.63, 3.8) is 0 Å². The summed E-state index contributed by atoms with van der Waals surface area (Å²) in [6.07, 6.45) is 0.907. The zero-order chi connectivity index (χ0) is 19.2. The maximum atomic E-state index is 10.8. The Hall–Kier alpha value is -3.03. The molecule has 0 radical (unpaired) electrons.